The lowest BCUT2D eigenvalue weighted by molar-refractivity contribution is 0.475. The van der Waals surface area contributed by atoms with Crippen molar-refractivity contribution in [3.8, 4) is 5.75 Å². The van der Waals surface area contributed by atoms with Crippen LogP contribution in [0.1, 0.15) is 23.2 Å². The van der Waals surface area contributed by atoms with Crippen LogP contribution in [0.5, 0.6) is 5.75 Å². The number of rotatable bonds is 5. The first-order chi connectivity index (χ1) is 10.7. The summed E-state index contributed by atoms with van der Waals surface area (Å²) in [6.07, 6.45) is 1.72. The van der Waals surface area contributed by atoms with Gasteiger partial charge in [-0.3, -0.25) is 0 Å². The van der Waals surface area contributed by atoms with E-state index in [1.54, 1.807) is 23.5 Å². The molecule has 4 nitrogen and oxygen atoms in total. The van der Waals surface area contributed by atoms with Crippen molar-refractivity contribution in [2.75, 3.05) is 11.9 Å². The van der Waals surface area contributed by atoms with E-state index in [4.69, 9.17) is 0 Å². The molecule has 1 aromatic carbocycles. The quantitative estimate of drug-likeness (QED) is 0.749. The second kappa shape index (κ2) is 6.32. The summed E-state index contributed by atoms with van der Waals surface area (Å²) in [4.78, 5) is 11.5. The van der Waals surface area contributed by atoms with E-state index >= 15 is 0 Å². The molecular weight excluding hydrogens is 294 g/mol. The molecule has 0 bridgehead atoms. The number of aromatic hydroxyl groups is 1. The number of phenols is 1. The molecule has 0 unspecified atom stereocenters. The first kappa shape index (κ1) is 14.8. The molecule has 0 saturated carbocycles. The Morgan fingerprint density at radius 3 is 2.68 bits per heavy atom. The molecule has 0 amide bonds. The molecule has 0 radical (unpaired) electrons. The van der Waals surface area contributed by atoms with Crippen LogP contribution in [0.15, 0.2) is 30.3 Å². The van der Waals surface area contributed by atoms with Crippen LogP contribution in [0, 0.1) is 6.92 Å². The van der Waals surface area contributed by atoms with Crippen LogP contribution >= 0.6 is 11.3 Å². The predicted molar refractivity (Wildman–Crippen MR) is 91.8 cm³/mol. The minimum absolute atomic E-state index is 0.301. The van der Waals surface area contributed by atoms with Gasteiger partial charge in [-0.15, -0.1) is 11.3 Å². The third-order valence-electron chi connectivity index (χ3n) is 3.52. The number of aromatic nitrogens is 2. The van der Waals surface area contributed by atoms with Crippen molar-refractivity contribution in [2.24, 2.45) is 0 Å². The topological polar surface area (TPSA) is 58.0 Å². The monoisotopic (exact) mass is 313 g/mol. The van der Waals surface area contributed by atoms with Gasteiger partial charge in [0.15, 0.2) is 0 Å². The van der Waals surface area contributed by atoms with Crippen LogP contribution in [-0.4, -0.2) is 21.6 Å². The van der Waals surface area contributed by atoms with Crippen molar-refractivity contribution in [3.63, 3.8) is 0 Å². The number of phenolic OH excluding ortho intramolecular Hbond substituents is 1. The van der Waals surface area contributed by atoms with Gasteiger partial charge in [0.1, 0.15) is 22.2 Å². The van der Waals surface area contributed by atoms with Gasteiger partial charge < -0.3 is 10.4 Å². The van der Waals surface area contributed by atoms with Crippen molar-refractivity contribution in [1.29, 1.82) is 0 Å². The number of fused-ring (bicyclic) bond motifs is 1. The first-order valence-electron chi connectivity index (χ1n) is 7.44. The lowest BCUT2D eigenvalue weighted by atomic mass is 10.1. The fourth-order valence-electron chi connectivity index (χ4n) is 2.37. The zero-order chi connectivity index (χ0) is 15.5. The van der Waals surface area contributed by atoms with E-state index in [9.17, 15) is 5.11 Å². The maximum atomic E-state index is 9.31. The van der Waals surface area contributed by atoms with Gasteiger partial charge in [0.25, 0.3) is 0 Å². The number of benzene rings is 1. The number of thiophene rings is 1. The van der Waals surface area contributed by atoms with Gasteiger partial charge in [-0.1, -0.05) is 19.1 Å². The molecule has 22 heavy (non-hydrogen) atoms. The van der Waals surface area contributed by atoms with Crippen molar-refractivity contribution in [1.82, 2.24) is 9.97 Å². The molecule has 0 atom stereocenters. The molecule has 5 heteroatoms. The molecule has 0 aliphatic heterocycles. The fourth-order valence-corrected chi connectivity index (χ4v) is 3.27. The standard InChI is InChI=1S/C17H19N3OS/c1-3-15-19-16(14-10-11(2)22-17(14)20-15)18-9-8-12-4-6-13(21)7-5-12/h4-7,10,21H,3,8-9H2,1-2H3,(H,18,19,20). The Kier molecular flexibility index (Phi) is 4.24. The smallest absolute Gasteiger partial charge is 0.138 e. The first-order valence-corrected chi connectivity index (χ1v) is 8.26. The Bertz CT molecular complexity index is 780. The van der Waals surface area contributed by atoms with E-state index in [-0.39, 0.29) is 0 Å². The van der Waals surface area contributed by atoms with Crippen molar-refractivity contribution >= 4 is 27.4 Å². The third-order valence-corrected chi connectivity index (χ3v) is 4.47. The van der Waals surface area contributed by atoms with Gasteiger partial charge in [0.2, 0.25) is 0 Å². The number of nitrogens with zero attached hydrogens (tertiary/aromatic N) is 2. The summed E-state index contributed by atoms with van der Waals surface area (Å²) in [5, 5.41) is 13.8. The zero-order valence-electron chi connectivity index (χ0n) is 12.8. The summed E-state index contributed by atoms with van der Waals surface area (Å²) in [5.41, 5.74) is 1.19. The summed E-state index contributed by atoms with van der Waals surface area (Å²) in [6.45, 7) is 4.97. The molecule has 3 aromatic rings. The van der Waals surface area contributed by atoms with Gasteiger partial charge in [-0.05, 0) is 37.1 Å². The average molecular weight is 313 g/mol. The maximum Gasteiger partial charge on any atom is 0.138 e. The molecule has 0 spiro atoms. The van der Waals surface area contributed by atoms with Gasteiger partial charge in [0, 0.05) is 17.8 Å². The van der Waals surface area contributed by atoms with E-state index in [0.717, 1.165) is 41.2 Å². The molecule has 0 fully saturated rings. The maximum absolute atomic E-state index is 9.31. The molecular formula is C17H19N3OS. The highest BCUT2D eigenvalue weighted by molar-refractivity contribution is 7.18. The summed E-state index contributed by atoms with van der Waals surface area (Å²) in [6, 6.07) is 9.46. The van der Waals surface area contributed by atoms with E-state index < -0.39 is 0 Å². The van der Waals surface area contributed by atoms with E-state index in [1.807, 2.05) is 12.1 Å². The van der Waals surface area contributed by atoms with Crippen LogP contribution in [0.2, 0.25) is 0 Å². The Morgan fingerprint density at radius 1 is 1.18 bits per heavy atom. The normalized spacial score (nSPS) is 11.0. The Balaban J connectivity index is 1.76. The molecule has 0 aliphatic carbocycles. The Morgan fingerprint density at radius 2 is 1.95 bits per heavy atom. The highest BCUT2D eigenvalue weighted by Crippen LogP contribution is 2.28. The lowest BCUT2D eigenvalue weighted by Crippen LogP contribution is -2.08. The second-order valence-corrected chi connectivity index (χ2v) is 6.50. The van der Waals surface area contributed by atoms with E-state index in [2.05, 4.69) is 35.2 Å². The predicted octanol–water partition coefficient (Wildman–Crippen LogP) is 3.92. The van der Waals surface area contributed by atoms with Crippen LogP contribution < -0.4 is 5.32 Å². The summed E-state index contributed by atoms with van der Waals surface area (Å²) < 4.78 is 0. The summed E-state index contributed by atoms with van der Waals surface area (Å²) in [5.74, 6) is 2.10. The SMILES string of the molecule is CCc1nc(NCCc2ccc(O)cc2)c2cc(C)sc2n1. The Hall–Kier alpha value is -2.14. The zero-order valence-corrected chi connectivity index (χ0v) is 13.6. The third kappa shape index (κ3) is 3.20. The number of hydrogen-bond donors (Lipinski definition) is 2. The molecule has 114 valence electrons. The second-order valence-electron chi connectivity index (χ2n) is 5.26. The van der Waals surface area contributed by atoms with Crippen LogP contribution in [0.25, 0.3) is 10.2 Å². The van der Waals surface area contributed by atoms with Crippen molar-refractivity contribution in [2.45, 2.75) is 26.7 Å². The molecule has 3 rings (SSSR count). The molecule has 2 heterocycles. The van der Waals surface area contributed by atoms with E-state index in [1.165, 1.54) is 10.4 Å². The fraction of sp³-hybridized carbons (Fsp3) is 0.294. The van der Waals surface area contributed by atoms with Gasteiger partial charge >= 0.3 is 0 Å². The number of aryl methyl sites for hydroxylation is 2. The summed E-state index contributed by atoms with van der Waals surface area (Å²) in [7, 11) is 0. The van der Waals surface area contributed by atoms with Crippen LogP contribution in [-0.2, 0) is 12.8 Å². The Labute approximate surface area is 133 Å². The molecule has 2 aromatic heterocycles. The highest BCUT2D eigenvalue weighted by atomic mass is 32.1. The average Bonchev–Trinajstić information content (AvgIpc) is 2.89. The van der Waals surface area contributed by atoms with Gasteiger partial charge in [-0.2, -0.15) is 0 Å². The number of nitrogens with one attached hydrogen (secondary N) is 1. The van der Waals surface area contributed by atoms with Crippen molar-refractivity contribution < 1.29 is 5.11 Å². The van der Waals surface area contributed by atoms with Gasteiger partial charge in [0.05, 0.1) is 5.39 Å². The highest BCUT2D eigenvalue weighted by Gasteiger charge is 2.09. The number of anilines is 1. The van der Waals surface area contributed by atoms with Crippen molar-refractivity contribution in [3.05, 3.63) is 46.6 Å². The lowest BCUT2D eigenvalue weighted by Gasteiger charge is -2.08. The van der Waals surface area contributed by atoms with Crippen LogP contribution in [0.3, 0.4) is 0 Å². The molecule has 0 saturated heterocycles. The molecule has 0 aliphatic rings. The van der Waals surface area contributed by atoms with Crippen LogP contribution in [0.4, 0.5) is 5.82 Å². The minimum atomic E-state index is 0.301. The largest absolute Gasteiger partial charge is 0.508 e. The minimum Gasteiger partial charge on any atom is -0.508 e. The van der Waals surface area contributed by atoms with Gasteiger partial charge in [-0.25, -0.2) is 9.97 Å². The van der Waals surface area contributed by atoms with E-state index in [0.29, 0.717) is 5.75 Å². The summed E-state index contributed by atoms with van der Waals surface area (Å²) >= 11 is 1.71. The number of hydrogen-bond acceptors (Lipinski definition) is 5. The molecule has 2 N–H and O–H groups in total.